The number of carbonyl (C=O) groups excluding carboxylic acids is 2. The topological polar surface area (TPSA) is 86.8 Å². The van der Waals surface area contributed by atoms with Crippen LogP contribution in [0.2, 0.25) is 10.0 Å². The molecule has 9 heteroatoms. The van der Waals surface area contributed by atoms with Crippen LogP contribution >= 0.6 is 23.2 Å². The molecule has 138 valence electrons. The van der Waals surface area contributed by atoms with Crippen LogP contribution in [-0.4, -0.2) is 37.2 Å². The van der Waals surface area contributed by atoms with Crippen molar-refractivity contribution in [1.82, 2.24) is 4.98 Å². The zero-order valence-corrected chi connectivity index (χ0v) is 15.7. The number of ether oxygens (including phenoxy) is 3. The number of rotatable bonds is 6. The molecule has 7 nitrogen and oxygen atoms in total. The van der Waals surface area contributed by atoms with E-state index in [2.05, 4.69) is 10.3 Å². The van der Waals surface area contributed by atoms with E-state index in [-0.39, 0.29) is 16.4 Å². The van der Waals surface area contributed by atoms with E-state index < -0.39 is 18.0 Å². The summed E-state index contributed by atoms with van der Waals surface area (Å²) in [6, 6.07) is 6.01. The van der Waals surface area contributed by atoms with E-state index in [0.29, 0.717) is 16.5 Å². The highest BCUT2D eigenvalue weighted by atomic mass is 35.5. The molecule has 0 saturated heterocycles. The van der Waals surface area contributed by atoms with Crippen LogP contribution < -0.4 is 14.8 Å². The van der Waals surface area contributed by atoms with E-state index in [0.717, 1.165) is 0 Å². The second kappa shape index (κ2) is 8.73. The van der Waals surface area contributed by atoms with Gasteiger partial charge in [-0.1, -0.05) is 23.2 Å². The zero-order chi connectivity index (χ0) is 19.3. The number of anilines is 1. The first kappa shape index (κ1) is 19.8. The van der Waals surface area contributed by atoms with E-state index in [1.807, 2.05) is 0 Å². The Bertz CT molecular complexity index is 807. The van der Waals surface area contributed by atoms with Gasteiger partial charge >= 0.3 is 5.97 Å². The number of aromatic nitrogens is 1. The van der Waals surface area contributed by atoms with Crippen molar-refractivity contribution in [3.8, 4) is 11.5 Å². The number of nitrogens with one attached hydrogen (secondary N) is 1. The van der Waals surface area contributed by atoms with Crippen molar-refractivity contribution in [2.75, 3.05) is 19.5 Å². The Morgan fingerprint density at radius 2 is 1.69 bits per heavy atom. The summed E-state index contributed by atoms with van der Waals surface area (Å²) < 4.78 is 15.4. The molecule has 1 aromatic carbocycles. The number of hydrogen-bond acceptors (Lipinski definition) is 6. The number of carbonyl (C=O) groups is 2. The summed E-state index contributed by atoms with van der Waals surface area (Å²) in [6.45, 7) is 1.43. The third-order valence-corrected chi connectivity index (χ3v) is 3.78. The molecule has 2 aromatic rings. The van der Waals surface area contributed by atoms with Gasteiger partial charge in [-0.05, 0) is 25.1 Å². The molecule has 0 fully saturated rings. The predicted octanol–water partition coefficient (Wildman–Crippen LogP) is 3.59. The number of methoxy groups -OCH3 is 2. The standard InChI is InChI=1S/C17H16Cl2N2O5/c1-9(16(22)21-15-14(19)6-11(18)8-20-15)26-17(23)10-4-12(24-2)7-13(5-10)25-3/h4-9H,1-3H3,(H,20,21,22)/t9-/m0/s1. The Morgan fingerprint density at radius 1 is 1.08 bits per heavy atom. The van der Waals surface area contributed by atoms with Gasteiger partial charge in [0.05, 0.1) is 29.8 Å². The van der Waals surface area contributed by atoms with Gasteiger partial charge in [-0.3, -0.25) is 4.79 Å². The number of pyridine rings is 1. The minimum Gasteiger partial charge on any atom is -0.497 e. The highest BCUT2D eigenvalue weighted by Crippen LogP contribution is 2.24. The third-order valence-electron chi connectivity index (χ3n) is 3.29. The molecule has 0 unspecified atom stereocenters. The second-order valence-electron chi connectivity index (χ2n) is 5.12. The van der Waals surface area contributed by atoms with Crippen molar-refractivity contribution >= 4 is 40.9 Å². The lowest BCUT2D eigenvalue weighted by molar-refractivity contribution is -0.123. The summed E-state index contributed by atoms with van der Waals surface area (Å²) in [6.07, 6.45) is 0.246. The van der Waals surface area contributed by atoms with Crippen LogP contribution in [0.15, 0.2) is 30.5 Å². The maximum absolute atomic E-state index is 12.3. The fraction of sp³-hybridized carbons (Fsp3) is 0.235. The molecule has 0 aliphatic rings. The van der Waals surface area contributed by atoms with Gasteiger partial charge in [0.25, 0.3) is 5.91 Å². The molecule has 26 heavy (non-hydrogen) atoms. The molecule has 1 amide bonds. The van der Waals surface area contributed by atoms with Crippen molar-refractivity contribution in [2.24, 2.45) is 0 Å². The van der Waals surface area contributed by atoms with Crippen LogP contribution in [0.1, 0.15) is 17.3 Å². The molecular formula is C17H16Cl2N2O5. The first-order chi connectivity index (χ1) is 12.3. The molecule has 1 N–H and O–H groups in total. The molecule has 2 rings (SSSR count). The molecule has 1 atom stereocenters. The summed E-state index contributed by atoms with van der Waals surface area (Å²) in [4.78, 5) is 28.4. The average Bonchev–Trinajstić information content (AvgIpc) is 2.63. The Hall–Kier alpha value is -2.51. The number of esters is 1. The Balaban J connectivity index is 2.07. The molecular weight excluding hydrogens is 383 g/mol. The normalized spacial score (nSPS) is 11.4. The molecule has 0 aliphatic carbocycles. The van der Waals surface area contributed by atoms with Gasteiger partial charge in [-0.15, -0.1) is 0 Å². The van der Waals surface area contributed by atoms with Crippen LogP contribution in [0.4, 0.5) is 5.82 Å². The molecule has 0 spiro atoms. The van der Waals surface area contributed by atoms with Gasteiger partial charge in [0.15, 0.2) is 11.9 Å². The van der Waals surface area contributed by atoms with Gasteiger partial charge in [0.2, 0.25) is 0 Å². The summed E-state index contributed by atoms with van der Waals surface area (Å²) >= 11 is 11.7. The lowest BCUT2D eigenvalue weighted by Gasteiger charge is -2.14. The van der Waals surface area contributed by atoms with Gasteiger partial charge in [0, 0.05) is 12.3 Å². The van der Waals surface area contributed by atoms with Crippen molar-refractivity contribution in [3.63, 3.8) is 0 Å². The van der Waals surface area contributed by atoms with Crippen LogP contribution in [0.5, 0.6) is 11.5 Å². The quantitative estimate of drug-likeness (QED) is 0.748. The van der Waals surface area contributed by atoms with E-state index in [1.165, 1.54) is 45.5 Å². The Labute approximate surface area is 160 Å². The number of benzene rings is 1. The van der Waals surface area contributed by atoms with Crippen molar-refractivity contribution in [3.05, 3.63) is 46.1 Å². The molecule has 1 aromatic heterocycles. The maximum atomic E-state index is 12.3. The van der Waals surface area contributed by atoms with Crippen molar-refractivity contribution in [1.29, 1.82) is 0 Å². The average molecular weight is 399 g/mol. The van der Waals surface area contributed by atoms with E-state index >= 15 is 0 Å². The fourth-order valence-electron chi connectivity index (χ4n) is 1.93. The Kier molecular flexibility index (Phi) is 6.65. The predicted molar refractivity (Wildman–Crippen MR) is 97.3 cm³/mol. The van der Waals surface area contributed by atoms with Crippen LogP contribution in [-0.2, 0) is 9.53 Å². The zero-order valence-electron chi connectivity index (χ0n) is 14.2. The van der Waals surface area contributed by atoms with Crippen molar-refractivity contribution in [2.45, 2.75) is 13.0 Å². The number of amides is 1. The monoisotopic (exact) mass is 398 g/mol. The first-order valence-electron chi connectivity index (χ1n) is 7.40. The van der Waals surface area contributed by atoms with Gasteiger partial charge in [-0.2, -0.15) is 0 Å². The van der Waals surface area contributed by atoms with E-state index in [4.69, 9.17) is 37.4 Å². The Morgan fingerprint density at radius 3 is 2.23 bits per heavy atom. The van der Waals surface area contributed by atoms with Crippen LogP contribution in [0.3, 0.4) is 0 Å². The smallest absolute Gasteiger partial charge is 0.339 e. The summed E-state index contributed by atoms with van der Waals surface area (Å²) in [5, 5.41) is 2.97. The molecule has 0 radical (unpaired) electrons. The molecule has 0 saturated carbocycles. The lowest BCUT2D eigenvalue weighted by atomic mass is 10.2. The van der Waals surface area contributed by atoms with Crippen LogP contribution in [0.25, 0.3) is 0 Å². The minimum atomic E-state index is -1.09. The molecule has 1 heterocycles. The van der Waals surface area contributed by atoms with Gasteiger partial charge < -0.3 is 19.5 Å². The SMILES string of the molecule is COc1cc(OC)cc(C(=O)O[C@@H](C)C(=O)Nc2ncc(Cl)cc2Cl)c1. The minimum absolute atomic E-state index is 0.118. The fourth-order valence-corrected chi connectivity index (χ4v) is 2.36. The van der Waals surface area contributed by atoms with E-state index in [1.54, 1.807) is 6.07 Å². The number of hydrogen-bond donors (Lipinski definition) is 1. The third kappa shape index (κ3) is 5.00. The largest absolute Gasteiger partial charge is 0.497 e. The van der Waals surface area contributed by atoms with E-state index in [9.17, 15) is 9.59 Å². The highest BCUT2D eigenvalue weighted by Gasteiger charge is 2.21. The summed E-state index contributed by atoms with van der Waals surface area (Å²) in [7, 11) is 2.92. The van der Waals surface area contributed by atoms with Crippen molar-refractivity contribution < 1.29 is 23.8 Å². The lowest BCUT2D eigenvalue weighted by Crippen LogP contribution is -2.30. The number of halogens is 2. The summed E-state index contributed by atoms with van der Waals surface area (Å²) in [5.41, 5.74) is 0.184. The highest BCUT2D eigenvalue weighted by molar-refractivity contribution is 6.36. The van der Waals surface area contributed by atoms with Crippen LogP contribution in [0, 0.1) is 0 Å². The summed E-state index contributed by atoms with van der Waals surface area (Å²) in [5.74, 6) is -0.340. The van der Waals surface area contributed by atoms with Gasteiger partial charge in [0.1, 0.15) is 11.5 Å². The number of nitrogens with zero attached hydrogens (tertiary/aromatic N) is 1. The molecule has 0 aliphatic heterocycles. The second-order valence-corrected chi connectivity index (χ2v) is 5.97. The van der Waals surface area contributed by atoms with Gasteiger partial charge in [-0.25, -0.2) is 9.78 Å². The first-order valence-corrected chi connectivity index (χ1v) is 8.15. The molecule has 0 bridgehead atoms. The maximum Gasteiger partial charge on any atom is 0.339 e.